The van der Waals surface area contributed by atoms with E-state index in [4.69, 9.17) is 9.47 Å². The molecule has 1 N–H and O–H groups in total. The van der Waals surface area contributed by atoms with Crippen molar-refractivity contribution < 1.29 is 19.4 Å². The fourth-order valence-corrected chi connectivity index (χ4v) is 4.03. The molecular formula is C23H25NO4. The van der Waals surface area contributed by atoms with Gasteiger partial charge < -0.3 is 14.6 Å². The van der Waals surface area contributed by atoms with Crippen molar-refractivity contribution in [2.24, 2.45) is 5.92 Å². The van der Waals surface area contributed by atoms with Crippen molar-refractivity contribution in [3.63, 3.8) is 0 Å². The minimum atomic E-state index is -0.172. The Hall–Kier alpha value is -2.79. The van der Waals surface area contributed by atoms with Gasteiger partial charge in [0, 0.05) is 18.7 Å². The number of likely N-dealkylation sites (tertiary alicyclic amines) is 1. The Kier molecular flexibility index (Phi) is 5.09. The van der Waals surface area contributed by atoms with Crippen LogP contribution in [0, 0.1) is 5.92 Å². The minimum Gasteiger partial charge on any atom is -0.507 e. The van der Waals surface area contributed by atoms with E-state index in [0.717, 1.165) is 25.1 Å². The average molecular weight is 379 g/mol. The zero-order valence-corrected chi connectivity index (χ0v) is 16.3. The van der Waals surface area contributed by atoms with Crippen molar-refractivity contribution in [2.75, 3.05) is 20.2 Å². The average Bonchev–Trinajstić information content (AvgIpc) is 3.00. The summed E-state index contributed by atoms with van der Waals surface area (Å²) < 4.78 is 11.3. The molecule has 1 fully saturated rings. The van der Waals surface area contributed by atoms with Crippen molar-refractivity contribution in [1.29, 1.82) is 0 Å². The molecule has 1 saturated heterocycles. The van der Waals surface area contributed by atoms with Crippen LogP contribution in [0.2, 0.25) is 0 Å². The number of carbonyl (C=O) groups is 1. The SMILES string of the molecule is COc1ccccc1/C=C1\Oc2c(ccc(O)c2CN2CCCC(C)C2)C1=O. The second kappa shape index (κ2) is 7.68. The van der Waals surface area contributed by atoms with Crippen LogP contribution in [-0.2, 0) is 6.54 Å². The molecule has 0 bridgehead atoms. The summed E-state index contributed by atoms with van der Waals surface area (Å²) in [6.45, 7) is 4.80. The summed E-state index contributed by atoms with van der Waals surface area (Å²) in [5, 5.41) is 10.5. The number of carbonyl (C=O) groups excluding carboxylic acids is 1. The molecule has 2 aromatic carbocycles. The molecule has 28 heavy (non-hydrogen) atoms. The fraction of sp³-hybridized carbons (Fsp3) is 0.348. The van der Waals surface area contributed by atoms with Crippen LogP contribution in [0.5, 0.6) is 17.2 Å². The smallest absolute Gasteiger partial charge is 0.231 e. The number of ether oxygens (including phenoxy) is 2. The molecular weight excluding hydrogens is 354 g/mol. The number of rotatable bonds is 4. The molecule has 5 heteroatoms. The van der Waals surface area contributed by atoms with Gasteiger partial charge in [-0.3, -0.25) is 9.69 Å². The molecule has 5 nitrogen and oxygen atoms in total. The van der Waals surface area contributed by atoms with Crippen LogP contribution < -0.4 is 9.47 Å². The first-order valence-corrected chi connectivity index (χ1v) is 9.71. The number of nitrogens with zero attached hydrogens (tertiary/aromatic N) is 1. The second-order valence-electron chi connectivity index (χ2n) is 7.60. The van der Waals surface area contributed by atoms with E-state index in [2.05, 4.69) is 11.8 Å². The molecule has 1 atom stereocenters. The number of fused-ring (bicyclic) bond motifs is 1. The summed E-state index contributed by atoms with van der Waals surface area (Å²) in [7, 11) is 1.60. The molecule has 2 heterocycles. The van der Waals surface area contributed by atoms with Gasteiger partial charge in [0.25, 0.3) is 0 Å². The van der Waals surface area contributed by atoms with Gasteiger partial charge in [0.05, 0.1) is 18.2 Å². The number of hydrogen-bond acceptors (Lipinski definition) is 5. The number of methoxy groups -OCH3 is 1. The highest BCUT2D eigenvalue weighted by atomic mass is 16.5. The lowest BCUT2D eigenvalue weighted by Crippen LogP contribution is -2.33. The third kappa shape index (κ3) is 3.50. The molecule has 2 aliphatic heterocycles. The van der Waals surface area contributed by atoms with Gasteiger partial charge in [0.1, 0.15) is 17.2 Å². The molecule has 0 aromatic heterocycles. The van der Waals surface area contributed by atoms with Crippen molar-refractivity contribution in [3.05, 3.63) is 58.8 Å². The summed E-state index contributed by atoms with van der Waals surface area (Å²) in [5.74, 6) is 2.03. The highest BCUT2D eigenvalue weighted by Crippen LogP contribution is 2.41. The molecule has 1 unspecified atom stereocenters. The maximum Gasteiger partial charge on any atom is 0.231 e. The Balaban J connectivity index is 1.66. The molecule has 0 aliphatic carbocycles. The lowest BCUT2D eigenvalue weighted by atomic mass is 9.99. The number of phenols is 1. The monoisotopic (exact) mass is 379 g/mol. The molecule has 0 saturated carbocycles. The van der Waals surface area contributed by atoms with E-state index >= 15 is 0 Å². The molecule has 146 valence electrons. The van der Waals surface area contributed by atoms with Gasteiger partial charge >= 0.3 is 0 Å². The number of ketones is 1. The number of hydrogen-bond donors (Lipinski definition) is 1. The fourth-order valence-electron chi connectivity index (χ4n) is 4.03. The summed E-state index contributed by atoms with van der Waals surface area (Å²) in [6, 6.07) is 10.7. The zero-order chi connectivity index (χ0) is 19.7. The van der Waals surface area contributed by atoms with Gasteiger partial charge in [-0.2, -0.15) is 0 Å². The third-order valence-corrected chi connectivity index (χ3v) is 5.46. The van der Waals surface area contributed by atoms with E-state index in [1.807, 2.05) is 24.3 Å². The van der Waals surface area contributed by atoms with Gasteiger partial charge in [-0.1, -0.05) is 25.1 Å². The summed E-state index contributed by atoms with van der Waals surface area (Å²) in [6.07, 6.45) is 4.08. The summed E-state index contributed by atoms with van der Waals surface area (Å²) >= 11 is 0. The van der Waals surface area contributed by atoms with Crippen LogP contribution in [-0.4, -0.2) is 36.0 Å². The largest absolute Gasteiger partial charge is 0.507 e. The Bertz CT molecular complexity index is 934. The first kappa shape index (κ1) is 18.6. The number of phenolic OH excluding ortho intramolecular Hbond substituents is 1. The number of piperidine rings is 1. The Morgan fingerprint density at radius 1 is 1.29 bits per heavy atom. The Labute approximate surface area is 165 Å². The molecule has 0 amide bonds. The summed E-state index contributed by atoms with van der Waals surface area (Å²) in [4.78, 5) is 15.2. The van der Waals surface area contributed by atoms with E-state index in [9.17, 15) is 9.90 Å². The molecule has 2 aromatic rings. The topological polar surface area (TPSA) is 59.0 Å². The van der Waals surface area contributed by atoms with Crippen LogP contribution >= 0.6 is 0 Å². The van der Waals surface area contributed by atoms with Gasteiger partial charge in [-0.15, -0.1) is 0 Å². The Morgan fingerprint density at radius 3 is 2.89 bits per heavy atom. The number of para-hydroxylation sites is 1. The van der Waals surface area contributed by atoms with Gasteiger partial charge in [-0.05, 0) is 49.6 Å². The van der Waals surface area contributed by atoms with Crippen LogP contribution in [0.3, 0.4) is 0 Å². The molecule has 0 spiro atoms. The van der Waals surface area contributed by atoms with Crippen molar-refractivity contribution in [3.8, 4) is 17.2 Å². The van der Waals surface area contributed by atoms with Crippen molar-refractivity contribution in [2.45, 2.75) is 26.3 Å². The van der Waals surface area contributed by atoms with Crippen LogP contribution in [0.25, 0.3) is 6.08 Å². The van der Waals surface area contributed by atoms with Gasteiger partial charge in [0.2, 0.25) is 5.78 Å². The lowest BCUT2D eigenvalue weighted by molar-refractivity contribution is 0.101. The highest BCUT2D eigenvalue weighted by Gasteiger charge is 2.32. The van der Waals surface area contributed by atoms with Crippen molar-refractivity contribution in [1.82, 2.24) is 4.90 Å². The van der Waals surface area contributed by atoms with E-state index < -0.39 is 0 Å². The lowest BCUT2D eigenvalue weighted by Gasteiger charge is -2.31. The molecule has 4 rings (SSSR count). The van der Waals surface area contributed by atoms with Crippen LogP contribution in [0.15, 0.2) is 42.2 Å². The predicted molar refractivity (Wildman–Crippen MR) is 108 cm³/mol. The number of aromatic hydroxyl groups is 1. The highest BCUT2D eigenvalue weighted by molar-refractivity contribution is 6.15. The quantitative estimate of drug-likeness (QED) is 0.805. The first-order chi connectivity index (χ1) is 13.6. The van der Waals surface area contributed by atoms with Gasteiger partial charge in [-0.25, -0.2) is 0 Å². The Morgan fingerprint density at radius 2 is 2.11 bits per heavy atom. The van der Waals surface area contributed by atoms with E-state index in [1.54, 1.807) is 25.3 Å². The van der Waals surface area contributed by atoms with Gasteiger partial charge in [0.15, 0.2) is 5.76 Å². The standard InChI is InChI=1S/C23H25NO4/c1-15-6-5-11-24(13-15)14-18-19(25)10-9-17-22(26)21(28-23(17)18)12-16-7-3-4-8-20(16)27-2/h3-4,7-10,12,15,25H,5-6,11,13-14H2,1-2H3/b21-12-. The maximum atomic E-state index is 12.9. The van der Waals surface area contributed by atoms with Crippen LogP contribution in [0.1, 0.15) is 41.3 Å². The van der Waals surface area contributed by atoms with Crippen LogP contribution in [0.4, 0.5) is 0 Å². The third-order valence-electron chi connectivity index (χ3n) is 5.46. The normalized spacial score (nSPS) is 20.9. The van der Waals surface area contributed by atoms with Crippen molar-refractivity contribution >= 4 is 11.9 Å². The number of benzene rings is 2. The molecule has 2 aliphatic rings. The van der Waals surface area contributed by atoms with E-state index in [1.165, 1.54) is 6.42 Å². The molecule has 0 radical (unpaired) electrons. The number of allylic oxidation sites excluding steroid dienone is 1. The van der Waals surface area contributed by atoms with E-state index in [0.29, 0.717) is 35.1 Å². The predicted octanol–water partition coefficient (Wildman–Crippen LogP) is 4.25. The minimum absolute atomic E-state index is 0.170. The summed E-state index contributed by atoms with van der Waals surface area (Å²) in [5.41, 5.74) is 1.96. The number of Topliss-reactive ketones (excluding diaryl/α,β-unsaturated/α-hetero) is 1. The zero-order valence-electron chi connectivity index (χ0n) is 16.3. The van der Waals surface area contributed by atoms with E-state index in [-0.39, 0.29) is 17.3 Å². The first-order valence-electron chi connectivity index (χ1n) is 9.71. The second-order valence-corrected chi connectivity index (χ2v) is 7.60. The maximum absolute atomic E-state index is 12.9.